The van der Waals surface area contributed by atoms with Crippen molar-refractivity contribution in [2.24, 2.45) is 0 Å². The van der Waals surface area contributed by atoms with Gasteiger partial charge in [0.15, 0.2) is 4.96 Å². The third kappa shape index (κ3) is 2.23. The molecule has 0 bridgehead atoms. The van der Waals surface area contributed by atoms with Crippen LogP contribution in [-0.2, 0) is 0 Å². The van der Waals surface area contributed by atoms with Crippen LogP contribution in [0.15, 0.2) is 12.4 Å². The minimum atomic E-state index is -0.546. The predicted molar refractivity (Wildman–Crippen MR) is 61.8 cm³/mol. The number of amides is 1. The summed E-state index contributed by atoms with van der Waals surface area (Å²) in [6.07, 6.45) is 3.07. The van der Waals surface area contributed by atoms with E-state index in [4.69, 9.17) is 5.11 Å². The number of aliphatic hydroxyl groups excluding tert-OH is 1. The van der Waals surface area contributed by atoms with Crippen LogP contribution in [0, 0.1) is 6.92 Å². The lowest BCUT2D eigenvalue weighted by Gasteiger charge is -2.04. The van der Waals surface area contributed by atoms with Crippen LogP contribution >= 0.6 is 11.3 Å². The van der Waals surface area contributed by atoms with E-state index in [1.807, 2.05) is 17.5 Å². The summed E-state index contributed by atoms with van der Waals surface area (Å²) in [6, 6.07) is 0. The molecule has 0 aliphatic carbocycles. The number of nitrogens with one attached hydrogen (secondary N) is 1. The normalized spacial score (nSPS) is 12.9. The molecular weight excluding hydrogens is 226 g/mol. The summed E-state index contributed by atoms with van der Waals surface area (Å²) < 4.78 is 1.83. The van der Waals surface area contributed by atoms with E-state index in [0.717, 1.165) is 9.84 Å². The zero-order chi connectivity index (χ0) is 11.7. The Morgan fingerprint density at radius 1 is 1.69 bits per heavy atom. The molecule has 2 aromatic rings. The molecule has 5 nitrogen and oxygen atoms in total. The number of thiazole rings is 1. The fourth-order valence-electron chi connectivity index (χ4n) is 1.35. The van der Waals surface area contributed by atoms with Crippen molar-refractivity contribution in [2.45, 2.75) is 20.0 Å². The lowest BCUT2D eigenvalue weighted by atomic mass is 10.4. The average molecular weight is 239 g/mol. The molecule has 2 rings (SSSR count). The molecule has 2 aromatic heterocycles. The van der Waals surface area contributed by atoms with Gasteiger partial charge in [0.25, 0.3) is 5.91 Å². The molecule has 86 valence electrons. The number of aryl methyl sites for hydroxylation is 1. The molecule has 1 unspecified atom stereocenters. The predicted octanol–water partition coefficient (Wildman–Crippen LogP) is 0.815. The molecule has 0 saturated heterocycles. The van der Waals surface area contributed by atoms with Crippen LogP contribution in [0.4, 0.5) is 0 Å². The monoisotopic (exact) mass is 239 g/mol. The highest BCUT2D eigenvalue weighted by molar-refractivity contribution is 7.17. The minimum absolute atomic E-state index is 0.239. The van der Waals surface area contributed by atoms with Crippen molar-refractivity contribution in [1.29, 1.82) is 0 Å². The number of fused-ring (bicyclic) bond motifs is 1. The van der Waals surface area contributed by atoms with E-state index < -0.39 is 6.10 Å². The third-order valence-electron chi connectivity index (χ3n) is 2.06. The quantitative estimate of drug-likeness (QED) is 0.833. The highest BCUT2D eigenvalue weighted by Crippen LogP contribution is 2.16. The summed E-state index contributed by atoms with van der Waals surface area (Å²) in [5, 5.41) is 11.6. The maximum Gasteiger partial charge on any atom is 0.271 e. The van der Waals surface area contributed by atoms with Gasteiger partial charge in [0, 0.05) is 23.8 Å². The zero-order valence-corrected chi connectivity index (χ0v) is 9.91. The standard InChI is InChI=1S/C10H13N3O2S/c1-6(14)3-11-9(15)8-5-13-4-7(2)16-10(13)12-8/h4-6,14H,3H2,1-2H3,(H,11,15). The number of nitrogens with zero attached hydrogens (tertiary/aromatic N) is 2. The first-order valence-corrected chi connectivity index (χ1v) is 5.79. The second kappa shape index (κ2) is 4.23. The van der Waals surface area contributed by atoms with Gasteiger partial charge in [0.05, 0.1) is 6.10 Å². The number of carbonyl (C=O) groups excluding carboxylic acids is 1. The molecule has 6 heteroatoms. The Morgan fingerprint density at radius 2 is 2.44 bits per heavy atom. The van der Waals surface area contributed by atoms with Crippen LogP contribution in [0.3, 0.4) is 0 Å². The summed E-state index contributed by atoms with van der Waals surface area (Å²) in [4.78, 5) is 17.8. The van der Waals surface area contributed by atoms with Gasteiger partial charge in [-0.2, -0.15) is 0 Å². The fourth-order valence-corrected chi connectivity index (χ4v) is 2.16. The van der Waals surface area contributed by atoms with Gasteiger partial charge in [0.2, 0.25) is 0 Å². The van der Waals surface area contributed by atoms with Crippen LogP contribution in [-0.4, -0.2) is 33.0 Å². The highest BCUT2D eigenvalue weighted by Gasteiger charge is 2.12. The summed E-state index contributed by atoms with van der Waals surface area (Å²) in [6.45, 7) is 3.85. The minimum Gasteiger partial charge on any atom is -0.392 e. The molecule has 2 N–H and O–H groups in total. The summed E-state index contributed by atoms with van der Waals surface area (Å²) in [5.74, 6) is -0.255. The van der Waals surface area contributed by atoms with Crippen molar-refractivity contribution in [2.75, 3.05) is 6.54 Å². The van der Waals surface area contributed by atoms with Gasteiger partial charge in [-0.3, -0.25) is 9.20 Å². The molecule has 0 aromatic carbocycles. The van der Waals surface area contributed by atoms with Crippen molar-refractivity contribution in [3.63, 3.8) is 0 Å². The molecule has 1 amide bonds. The molecule has 0 radical (unpaired) electrons. The highest BCUT2D eigenvalue weighted by atomic mass is 32.1. The largest absolute Gasteiger partial charge is 0.392 e. The maximum absolute atomic E-state index is 11.6. The number of hydrogen-bond acceptors (Lipinski definition) is 4. The van der Waals surface area contributed by atoms with Crippen molar-refractivity contribution in [3.05, 3.63) is 23.0 Å². The Bertz CT molecular complexity index is 484. The molecule has 0 fully saturated rings. The van der Waals surface area contributed by atoms with Crippen LogP contribution in [0.2, 0.25) is 0 Å². The topological polar surface area (TPSA) is 66.6 Å². The van der Waals surface area contributed by atoms with Gasteiger partial charge in [-0.15, -0.1) is 11.3 Å². The number of imidazole rings is 1. The summed E-state index contributed by atoms with van der Waals surface area (Å²) in [5.41, 5.74) is 0.381. The Morgan fingerprint density at radius 3 is 3.06 bits per heavy atom. The van der Waals surface area contributed by atoms with Gasteiger partial charge in [-0.05, 0) is 13.8 Å². The third-order valence-corrected chi connectivity index (χ3v) is 2.97. The van der Waals surface area contributed by atoms with Crippen molar-refractivity contribution < 1.29 is 9.90 Å². The van der Waals surface area contributed by atoms with Gasteiger partial charge in [0.1, 0.15) is 5.69 Å². The lowest BCUT2D eigenvalue weighted by molar-refractivity contribution is 0.0919. The Labute approximate surface area is 96.7 Å². The van der Waals surface area contributed by atoms with Crippen molar-refractivity contribution >= 4 is 22.2 Å². The van der Waals surface area contributed by atoms with Gasteiger partial charge < -0.3 is 10.4 Å². The van der Waals surface area contributed by atoms with Gasteiger partial charge in [-0.1, -0.05) is 0 Å². The maximum atomic E-state index is 11.6. The second-order valence-corrected chi connectivity index (χ2v) is 4.93. The lowest BCUT2D eigenvalue weighted by Crippen LogP contribution is -2.30. The Kier molecular flexibility index (Phi) is 2.93. The number of rotatable bonds is 3. The number of aliphatic hydroxyl groups is 1. The fraction of sp³-hybridized carbons (Fsp3) is 0.400. The number of carbonyl (C=O) groups is 1. The average Bonchev–Trinajstić information content (AvgIpc) is 2.70. The molecule has 16 heavy (non-hydrogen) atoms. The molecule has 0 spiro atoms. The Hall–Kier alpha value is -1.40. The molecule has 2 heterocycles. The molecule has 0 aliphatic rings. The summed E-state index contributed by atoms with van der Waals surface area (Å²) >= 11 is 1.54. The van der Waals surface area contributed by atoms with E-state index in [1.165, 1.54) is 11.3 Å². The number of aromatic nitrogens is 2. The van der Waals surface area contributed by atoms with Crippen LogP contribution < -0.4 is 5.32 Å². The van der Waals surface area contributed by atoms with E-state index in [1.54, 1.807) is 13.1 Å². The molecule has 0 aliphatic heterocycles. The van der Waals surface area contributed by atoms with Crippen molar-refractivity contribution in [1.82, 2.24) is 14.7 Å². The van der Waals surface area contributed by atoms with Crippen LogP contribution in [0.1, 0.15) is 22.3 Å². The SMILES string of the molecule is Cc1cn2cc(C(=O)NCC(C)O)nc2s1. The molecule has 0 saturated carbocycles. The van der Waals surface area contributed by atoms with Crippen molar-refractivity contribution in [3.8, 4) is 0 Å². The van der Waals surface area contributed by atoms with E-state index in [2.05, 4.69) is 10.3 Å². The van der Waals surface area contributed by atoms with Crippen LogP contribution in [0.25, 0.3) is 4.96 Å². The summed E-state index contributed by atoms with van der Waals surface area (Å²) in [7, 11) is 0. The van der Waals surface area contributed by atoms with E-state index in [0.29, 0.717) is 5.69 Å². The smallest absolute Gasteiger partial charge is 0.271 e. The zero-order valence-electron chi connectivity index (χ0n) is 9.10. The second-order valence-electron chi connectivity index (χ2n) is 3.72. The first kappa shape index (κ1) is 11.1. The Balaban J connectivity index is 2.14. The first-order chi connectivity index (χ1) is 7.56. The first-order valence-electron chi connectivity index (χ1n) is 4.97. The van der Waals surface area contributed by atoms with E-state index in [-0.39, 0.29) is 12.5 Å². The molecular formula is C10H13N3O2S. The number of hydrogen-bond donors (Lipinski definition) is 2. The van der Waals surface area contributed by atoms with E-state index >= 15 is 0 Å². The van der Waals surface area contributed by atoms with Crippen LogP contribution in [0.5, 0.6) is 0 Å². The van der Waals surface area contributed by atoms with Gasteiger partial charge in [-0.25, -0.2) is 4.98 Å². The van der Waals surface area contributed by atoms with E-state index in [9.17, 15) is 4.79 Å². The van der Waals surface area contributed by atoms with Gasteiger partial charge >= 0.3 is 0 Å². The molecule has 1 atom stereocenters.